The van der Waals surface area contributed by atoms with Crippen LogP contribution in [0.1, 0.15) is 45.8 Å². The summed E-state index contributed by atoms with van der Waals surface area (Å²) in [6.07, 6.45) is 7.09. The highest BCUT2D eigenvalue weighted by Gasteiger charge is 2.23. The fourth-order valence-corrected chi connectivity index (χ4v) is 3.21. The maximum atomic E-state index is 10.5. The molecule has 4 rings (SSSR count). The van der Waals surface area contributed by atoms with Crippen molar-refractivity contribution in [2.24, 2.45) is 0 Å². The molecule has 0 fully saturated rings. The number of aromatic nitrogens is 3. The molecule has 2 aromatic rings. The number of carboxylic acid groups (broad SMARTS) is 1. The Labute approximate surface area is 136 Å². The zero-order valence-electron chi connectivity index (χ0n) is 13.0. The number of hydrogen-bond donors (Lipinski definition) is 4. The third-order valence-corrected chi connectivity index (χ3v) is 4.29. The molecule has 0 amide bonds. The summed E-state index contributed by atoms with van der Waals surface area (Å²) in [7, 11) is 0. The zero-order valence-corrected chi connectivity index (χ0v) is 13.0. The van der Waals surface area contributed by atoms with Gasteiger partial charge in [0.2, 0.25) is 0 Å². The van der Waals surface area contributed by atoms with Crippen LogP contribution in [-0.2, 0) is 25.7 Å². The van der Waals surface area contributed by atoms with Crippen LogP contribution < -0.4 is 17.0 Å². The summed E-state index contributed by atoms with van der Waals surface area (Å²) in [5.74, 6) is -1.34. The topological polar surface area (TPSA) is 142 Å². The molecule has 2 aliphatic rings. The molecule has 2 aliphatic carbocycles. The van der Waals surface area contributed by atoms with Gasteiger partial charge in [0.05, 0.1) is 0 Å². The van der Waals surface area contributed by atoms with Crippen LogP contribution in [0.5, 0.6) is 0 Å². The highest BCUT2D eigenvalue weighted by atomic mass is 16.4. The Balaban J connectivity index is 0.000000144. The lowest BCUT2D eigenvalue weighted by molar-refractivity contribution is 0.0689. The van der Waals surface area contributed by atoms with Crippen molar-refractivity contribution < 1.29 is 9.90 Å². The number of rotatable bonds is 1. The molecule has 0 unspecified atom stereocenters. The Morgan fingerprint density at radius 1 is 1.04 bits per heavy atom. The number of nitrogen functional groups attached to an aromatic ring is 1. The fourth-order valence-electron chi connectivity index (χ4n) is 3.21. The van der Waals surface area contributed by atoms with Crippen LogP contribution in [0.25, 0.3) is 0 Å². The maximum absolute atomic E-state index is 10.5. The number of carboxylic acids is 1. The molecular weight excluding hydrogens is 312 g/mol. The number of aromatic carboxylic acids is 1. The lowest BCUT2D eigenvalue weighted by Gasteiger charge is -2.08. The largest absolute Gasteiger partial charge is 0.477 e. The maximum Gasteiger partial charge on any atom is 0.352 e. The van der Waals surface area contributed by atoms with Gasteiger partial charge in [-0.05, 0) is 49.7 Å². The number of fused-ring (bicyclic) bond motifs is 2. The number of nitrogens with two attached hydrogens (primary N) is 1. The van der Waals surface area contributed by atoms with Crippen molar-refractivity contribution in [2.45, 2.75) is 38.5 Å². The molecule has 5 N–H and O–H groups in total. The van der Waals surface area contributed by atoms with E-state index < -0.39 is 22.9 Å². The van der Waals surface area contributed by atoms with E-state index in [1.807, 2.05) is 9.97 Å². The van der Waals surface area contributed by atoms with Crippen LogP contribution >= 0.6 is 0 Å². The number of aryl methyl sites for hydroxylation is 2. The van der Waals surface area contributed by atoms with Crippen molar-refractivity contribution >= 4 is 11.7 Å². The highest BCUT2D eigenvalue weighted by molar-refractivity contribution is 5.84. The zero-order chi connectivity index (χ0) is 17.3. The van der Waals surface area contributed by atoms with Crippen LogP contribution in [-0.4, -0.2) is 26.0 Å². The minimum atomic E-state index is -1.34. The number of nitrogens with zero attached hydrogens (tertiary/aromatic N) is 1. The summed E-state index contributed by atoms with van der Waals surface area (Å²) >= 11 is 0. The van der Waals surface area contributed by atoms with Gasteiger partial charge >= 0.3 is 11.7 Å². The van der Waals surface area contributed by atoms with E-state index in [1.165, 1.54) is 35.4 Å². The van der Waals surface area contributed by atoms with Gasteiger partial charge in [0, 0.05) is 23.1 Å². The van der Waals surface area contributed by atoms with Crippen LogP contribution in [0.15, 0.2) is 15.7 Å². The van der Waals surface area contributed by atoms with Gasteiger partial charge in [-0.25, -0.2) is 9.59 Å². The van der Waals surface area contributed by atoms with Crippen molar-refractivity contribution in [1.82, 2.24) is 15.0 Å². The van der Waals surface area contributed by atoms with Crippen LogP contribution in [0, 0.1) is 0 Å². The van der Waals surface area contributed by atoms with Gasteiger partial charge < -0.3 is 15.8 Å². The Hall–Kier alpha value is -2.90. The minimum absolute atomic E-state index is 0.418. The summed E-state index contributed by atoms with van der Waals surface area (Å²) in [5, 5.41) is 8.31. The lowest BCUT2D eigenvalue weighted by atomic mass is 10.1. The Bertz CT molecular complexity index is 853. The predicted octanol–water partition coefficient (Wildman–Crippen LogP) is 0.403. The number of H-pyrrole nitrogens is 2. The van der Waals surface area contributed by atoms with Gasteiger partial charge in [-0.2, -0.15) is 0 Å². The summed E-state index contributed by atoms with van der Waals surface area (Å²) in [6, 6.07) is 0.795. The first-order valence-corrected chi connectivity index (χ1v) is 7.81. The SMILES string of the molecule is Nc1c2c(nc3c1CCC3)CCC2.O=C(O)c1cc(=O)[nH]c(=O)[nH]1. The van der Waals surface area contributed by atoms with Gasteiger partial charge in [0.1, 0.15) is 5.69 Å². The second-order valence-electron chi connectivity index (χ2n) is 5.89. The quantitative estimate of drug-likeness (QED) is 0.596. The van der Waals surface area contributed by atoms with E-state index in [1.54, 1.807) is 0 Å². The molecule has 0 radical (unpaired) electrons. The standard InChI is InChI=1S/C11H14N2.C5H4N2O4/c12-11-7-3-1-5-9(7)13-10-6-2-4-8(10)11;8-3-1-2(4(9)10)6-5(11)7-3/h1-6H2,(H2,12,13);1H,(H,9,10)(H2,6,7,8,11). The van der Waals surface area contributed by atoms with Gasteiger partial charge in [-0.1, -0.05) is 0 Å². The van der Waals surface area contributed by atoms with Crippen LogP contribution in [0.3, 0.4) is 0 Å². The van der Waals surface area contributed by atoms with Crippen molar-refractivity contribution in [3.63, 3.8) is 0 Å². The van der Waals surface area contributed by atoms with Gasteiger partial charge in [-0.3, -0.25) is 14.8 Å². The second kappa shape index (κ2) is 6.31. The van der Waals surface area contributed by atoms with Gasteiger partial charge in [0.15, 0.2) is 0 Å². The Kier molecular flexibility index (Phi) is 4.20. The summed E-state index contributed by atoms with van der Waals surface area (Å²) in [5.41, 5.74) is 10.6. The Morgan fingerprint density at radius 3 is 2.12 bits per heavy atom. The van der Waals surface area contributed by atoms with Crippen molar-refractivity contribution in [1.29, 1.82) is 0 Å². The molecule has 0 bridgehead atoms. The van der Waals surface area contributed by atoms with E-state index in [4.69, 9.17) is 15.8 Å². The molecule has 0 saturated heterocycles. The summed E-state index contributed by atoms with van der Waals surface area (Å²) in [4.78, 5) is 39.6. The highest BCUT2D eigenvalue weighted by Crippen LogP contribution is 2.34. The average Bonchev–Trinajstić information content (AvgIpc) is 3.16. The van der Waals surface area contributed by atoms with Crippen LogP contribution in [0.4, 0.5) is 5.69 Å². The average molecular weight is 330 g/mol. The first-order valence-electron chi connectivity index (χ1n) is 7.81. The number of anilines is 1. The third-order valence-electron chi connectivity index (χ3n) is 4.29. The second-order valence-corrected chi connectivity index (χ2v) is 5.89. The molecule has 8 nitrogen and oxygen atoms in total. The van der Waals surface area contributed by atoms with Gasteiger partial charge in [-0.15, -0.1) is 0 Å². The van der Waals surface area contributed by atoms with Crippen molar-refractivity contribution in [3.8, 4) is 0 Å². The smallest absolute Gasteiger partial charge is 0.352 e. The lowest BCUT2D eigenvalue weighted by Crippen LogP contribution is -2.24. The molecule has 2 aromatic heterocycles. The van der Waals surface area contributed by atoms with E-state index in [0.717, 1.165) is 37.4 Å². The molecule has 8 heteroatoms. The van der Waals surface area contributed by atoms with E-state index in [9.17, 15) is 14.4 Å². The molecule has 24 heavy (non-hydrogen) atoms. The normalized spacial score (nSPS) is 14.5. The molecule has 0 saturated carbocycles. The van der Waals surface area contributed by atoms with Crippen LogP contribution in [0.2, 0.25) is 0 Å². The molecule has 0 spiro atoms. The fraction of sp³-hybridized carbons (Fsp3) is 0.375. The molecule has 0 aromatic carbocycles. The number of carbonyl (C=O) groups is 1. The molecule has 0 atom stereocenters. The number of aromatic amines is 2. The third kappa shape index (κ3) is 3.08. The van der Waals surface area contributed by atoms with Gasteiger partial charge in [0.25, 0.3) is 5.56 Å². The number of hydrogen-bond acceptors (Lipinski definition) is 5. The minimum Gasteiger partial charge on any atom is -0.477 e. The first-order chi connectivity index (χ1) is 11.5. The first kappa shape index (κ1) is 16.0. The van der Waals surface area contributed by atoms with E-state index >= 15 is 0 Å². The predicted molar refractivity (Wildman–Crippen MR) is 87.3 cm³/mol. The monoisotopic (exact) mass is 330 g/mol. The van der Waals surface area contributed by atoms with E-state index in [2.05, 4.69) is 0 Å². The summed E-state index contributed by atoms with van der Waals surface area (Å²) in [6.45, 7) is 0. The molecule has 0 aliphatic heterocycles. The Morgan fingerprint density at radius 2 is 1.62 bits per heavy atom. The number of pyridine rings is 1. The summed E-state index contributed by atoms with van der Waals surface area (Å²) < 4.78 is 0. The number of nitrogens with one attached hydrogen (secondary N) is 2. The molecule has 2 heterocycles. The van der Waals surface area contributed by atoms with E-state index in [0.29, 0.717) is 0 Å². The van der Waals surface area contributed by atoms with Crippen molar-refractivity contribution in [2.75, 3.05) is 5.73 Å². The molecular formula is C16H18N4O4. The van der Waals surface area contributed by atoms with E-state index in [-0.39, 0.29) is 0 Å². The molecule has 126 valence electrons. The van der Waals surface area contributed by atoms with Crippen molar-refractivity contribution in [3.05, 3.63) is 55.1 Å².